The van der Waals surface area contributed by atoms with Crippen LogP contribution < -0.4 is 16.4 Å². The molecule has 11 nitrogen and oxygen atoms in total. The average molecular weight is 522 g/mol. The summed E-state index contributed by atoms with van der Waals surface area (Å²) in [7, 11) is 0. The van der Waals surface area contributed by atoms with Gasteiger partial charge in [-0.25, -0.2) is 4.79 Å². The maximum Gasteiger partial charge on any atom is 0.326 e. The van der Waals surface area contributed by atoms with E-state index in [1.807, 2.05) is 24.3 Å². The van der Waals surface area contributed by atoms with E-state index in [-0.39, 0.29) is 25.1 Å². The lowest BCUT2D eigenvalue weighted by Gasteiger charge is -2.29. The van der Waals surface area contributed by atoms with Gasteiger partial charge in [-0.1, -0.05) is 30.3 Å². The molecule has 0 aliphatic carbocycles. The summed E-state index contributed by atoms with van der Waals surface area (Å²) in [6, 6.07) is 10.6. The molecule has 38 heavy (non-hydrogen) atoms. The molecule has 200 valence electrons. The first-order chi connectivity index (χ1) is 18.3. The fourth-order valence-corrected chi connectivity index (χ4v) is 4.81. The van der Waals surface area contributed by atoms with E-state index in [4.69, 9.17) is 5.73 Å². The Hall–Kier alpha value is -4.38. The molecule has 0 spiro atoms. The molecule has 0 bridgehead atoms. The van der Waals surface area contributed by atoms with E-state index in [9.17, 15) is 29.4 Å². The second-order valence-corrected chi connectivity index (χ2v) is 9.35. The first kappa shape index (κ1) is 26.7. The highest BCUT2D eigenvalue weighted by Gasteiger charge is 2.39. The van der Waals surface area contributed by atoms with Gasteiger partial charge in [0.25, 0.3) is 0 Å². The van der Waals surface area contributed by atoms with Gasteiger partial charge in [0.2, 0.25) is 17.7 Å². The van der Waals surface area contributed by atoms with Crippen molar-refractivity contribution in [3.05, 3.63) is 65.9 Å². The molecule has 3 amide bonds. The Morgan fingerprint density at radius 3 is 2.47 bits per heavy atom. The van der Waals surface area contributed by atoms with Crippen molar-refractivity contribution in [3.63, 3.8) is 0 Å². The minimum Gasteiger partial charge on any atom is -0.508 e. The number of aromatic amines is 1. The number of para-hydroxylation sites is 1. The molecule has 3 unspecified atom stereocenters. The van der Waals surface area contributed by atoms with Gasteiger partial charge in [0, 0.05) is 36.5 Å². The Morgan fingerprint density at radius 1 is 1.03 bits per heavy atom. The van der Waals surface area contributed by atoms with Crippen molar-refractivity contribution >= 4 is 34.6 Å². The number of nitrogens with two attached hydrogens (primary N) is 1. The van der Waals surface area contributed by atoms with Crippen LogP contribution in [-0.2, 0) is 32.0 Å². The Kier molecular flexibility index (Phi) is 8.27. The number of nitrogens with zero attached hydrogens (tertiary/aromatic N) is 1. The van der Waals surface area contributed by atoms with Crippen LogP contribution in [0.5, 0.6) is 5.75 Å². The van der Waals surface area contributed by atoms with Crippen LogP contribution in [0, 0.1) is 0 Å². The minimum atomic E-state index is -1.22. The van der Waals surface area contributed by atoms with Gasteiger partial charge < -0.3 is 36.5 Å². The van der Waals surface area contributed by atoms with E-state index in [1.165, 1.54) is 17.0 Å². The molecular weight excluding hydrogens is 490 g/mol. The third-order valence-electron chi connectivity index (χ3n) is 6.75. The van der Waals surface area contributed by atoms with Gasteiger partial charge in [-0.15, -0.1) is 0 Å². The number of phenolic OH excluding ortho intramolecular Hbond substituents is 1. The number of nitrogens with one attached hydrogen (secondary N) is 3. The lowest BCUT2D eigenvalue weighted by molar-refractivity contribution is -0.144. The van der Waals surface area contributed by atoms with Gasteiger partial charge in [0.1, 0.15) is 23.9 Å². The van der Waals surface area contributed by atoms with Crippen molar-refractivity contribution in [2.45, 2.75) is 43.8 Å². The fraction of sp³-hybridized carbons (Fsp3) is 0.333. The monoisotopic (exact) mass is 521 g/mol. The number of fused-ring (bicyclic) bond motifs is 1. The molecule has 2 aromatic carbocycles. The number of phenols is 1. The van der Waals surface area contributed by atoms with Gasteiger partial charge in [0.05, 0.1) is 6.54 Å². The topological polar surface area (TPSA) is 178 Å². The lowest BCUT2D eigenvalue weighted by Crippen LogP contribution is -2.56. The maximum atomic E-state index is 13.7. The standard InChI is InChI=1S/C27H31N5O6/c28-14-24(34)30-21(13-17-15-29-20-5-2-1-4-19(17)20)26(36)32-11-3-6-23(32)25(35)31-22(27(37)38)12-16-7-9-18(33)10-8-16/h1-2,4-5,7-10,15,21-23,29,33H,3,6,11-14,28H2,(H,30,34)(H,31,35)(H,37,38). The zero-order chi connectivity index (χ0) is 27.2. The van der Waals surface area contributed by atoms with Crippen molar-refractivity contribution in [3.8, 4) is 5.75 Å². The van der Waals surface area contributed by atoms with E-state index in [1.54, 1.807) is 18.3 Å². The third-order valence-corrected chi connectivity index (χ3v) is 6.75. The van der Waals surface area contributed by atoms with Crippen molar-refractivity contribution in [2.75, 3.05) is 13.1 Å². The summed E-state index contributed by atoms with van der Waals surface area (Å²) >= 11 is 0. The second kappa shape index (κ2) is 11.8. The number of amides is 3. The van der Waals surface area contributed by atoms with Crippen LogP contribution in [0.25, 0.3) is 10.9 Å². The smallest absolute Gasteiger partial charge is 0.326 e. The van der Waals surface area contributed by atoms with Crippen molar-refractivity contribution in [1.82, 2.24) is 20.5 Å². The number of carboxylic acids is 1. The predicted molar refractivity (Wildman–Crippen MR) is 139 cm³/mol. The van der Waals surface area contributed by atoms with Crippen molar-refractivity contribution in [1.29, 1.82) is 0 Å². The molecule has 2 heterocycles. The number of carbonyl (C=O) groups is 4. The largest absolute Gasteiger partial charge is 0.508 e. The molecule has 1 saturated heterocycles. The van der Waals surface area contributed by atoms with Crippen LogP contribution in [0.3, 0.4) is 0 Å². The van der Waals surface area contributed by atoms with Crippen LogP contribution in [-0.4, -0.2) is 75.0 Å². The second-order valence-electron chi connectivity index (χ2n) is 9.35. The normalized spacial score (nSPS) is 16.7. The highest BCUT2D eigenvalue weighted by Crippen LogP contribution is 2.23. The minimum absolute atomic E-state index is 0.0117. The molecule has 1 aliphatic rings. The molecular formula is C27H31N5O6. The SMILES string of the molecule is NCC(=O)NC(Cc1c[nH]c2ccccc12)C(=O)N1CCCC1C(=O)NC(Cc1ccc(O)cc1)C(=O)O. The van der Waals surface area contributed by atoms with Crippen LogP contribution in [0.1, 0.15) is 24.0 Å². The Balaban J connectivity index is 1.50. The van der Waals surface area contributed by atoms with Gasteiger partial charge in [-0.05, 0) is 42.2 Å². The highest BCUT2D eigenvalue weighted by atomic mass is 16.4. The molecule has 3 atom stereocenters. The summed E-state index contributed by atoms with van der Waals surface area (Å²) in [5.41, 5.74) is 7.84. The quantitative estimate of drug-likeness (QED) is 0.227. The molecule has 1 aliphatic heterocycles. The Morgan fingerprint density at radius 2 is 1.76 bits per heavy atom. The summed E-state index contributed by atoms with van der Waals surface area (Å²) in [4.78, 5) is 55.5. The van der Waals surface area contributed by atoms with Crippen molar-refractivity contribution in [2.24, 2.45) is 5.73 Å². The number of rotatable bonds is 10. The van der Waals surface area contributed by atoms with E-state index in [0.29, 0.717) is 24.9 Å². The number of benzene rings is 2. The average Bonchev–Trinajstić information content (AvgIpc) is 3.56. The fourth-order valence-electron chi connectivity index (χ4n) is 4.81. The van der Waals surface area contributed by atoms with Crippen LogP contribution in [0.15, 0.2) is 54.7 Å². The summed E-state index contributed by atoms with van der Waals surface area (Å²) in [6.07, 6.45) is 2.92. The molecule has 11 heteroatoms. The number of carboxylic acid groups (broad SMARTS) is 1. The zero-order valence-corrected chi connectivity index (χ0v) is 20.7. The lowest BCUT2D eigenvalue weighted by atomic mass is 10.0. The number of aromatic hydroxyl groups is 1. The first-order valence-electron chi connectivity index (χ1n) is 12.4. The molecule has 1 aromatic heterocycles. The number of H-pyrrole nitrogens is 1. The molecule has 0 saturated carbocycles. The van der Waals surface area contributed by atoms with Gasteiger partial charge in [0.15, 0.2) is 0 Å². The van der Waals surface area contributed by atoms with Gasteiger partial charge in [-0.3, -0.25) is 14.4 Å². The number of aromatic nitrogens is 1. The first-order valence-corrected chi connectivity index (χ1v) is 12.4. The summed E-state index contributed by atoms with van der Waals surface area (Å²) < 4.78 is 0. The zero-order valence-electron chi connectivity index (χ0n) is 20.7. The highest BCUT2D eigenvalue weighted by molar-refractivity contribution is 5.95. The van der Waals surface area contributed by atoms with Gasteiger partial charge in [-0.2, -0.15) is 0 Å². The van der Waals surface area contributed by atoms with E-state index >= 15 is 0 Å². The summed E-state index contributed by atoms with van der Waals surface area (Å²) in [6.45, 7) is 0.00856. The number of carbonyl (C=O) groups excluding carboxylic acids is 3. The Labute approximate surface area is 219 Å². The molecule has 4 rings (SSSR count). The third kappa shape index (κ3) is 6.12. The Bertz CT molecular complexity index is 1320. The van der Waals surface area contributed by atoms with Crippen molar-refractivity contribution < 1.29 is 29.4 Å². The number of hydrogen-bond acceptors (Lipinski definition) is 6. The summed E-state index contributed by atoms with van der Waals surface area (Å²) in [5, 5.41) is 25.3. The summed E-state index contributed by atoms with van der Waals surface area (Å²) in [5.74, 6) is -2.66. The van der Waals surface area contributed by atoms with E-state index in [2.05, 4.69) is 15.6 Å². The van der Waals surface area contributed by atoms with Crippen LogP contribution in [0.4, 0.5) is 0 Å². The molecule has 3 aromatic rings. The van der Waals surface area contributed by atoms with Crippen LogP contribution >= 0.6 is 0 Å². The number of aliphatic carboxylic acids is 1. The predicted octanol–water partition coefficient (Wildman–Crippen LogP) is 0.663. The van der Waals surface area contributed by atoms with E-state index in [0.717, 1.165) is 16.5 Å². The number of likely N-dealkylation sites (tertiary alicyclic amines) is 1. The van der Waals surface area contributed by atoms with Gasteiger partial charge >= 0.3 is 5.97 Å². The molecule has 0 radical (unpaired) electrons. The van der Waals surface area contributed by atoms with E-state index < -0.39 is 41.8 Å². The maximum absolute atomic E-state index is 13.7. The number of hydrogen-bond donors (Lipinski definition) is 6. The van der Waals surface area contributed by atoms with Crippen LogP contribution in [0.2, 0.25) is 0 Å². The molecule has 1 fully saturated rings. The molecule has 7 N–H and O–H groups in total.